The fourth-order valence-corrected chi connectivity index (χ4v) is 1.92. The van der Waals surface area contributed by atoms with Crippen molar-refractivity contribution >= 4 is 5.97 Å². The van der Waals surface area contributed by atoms with Gasteiger partial charge in [-0.1, -0.05) is 24.3 Å². The number of carboxylic acid groups (broad SMARTS) is 1. The second kappa shape index (κ2) is 7.93. The number of carboxylic acids is 1. The number of para-hydroxylation sites is 3. The third kappa shape index (κ3) is 4.15. The van der Waals surface area contributed by atoms with Gasteiger partial charge in [-0.3, -0.25) is 0 Å². The number of benzene rings is 2. The summed E-state index contributed by atoms with van der Waals surface area (Å²) in [5, 5.41) is 9.07. The third-order valence-corrected chi connectivity index (χ3v) is 2.86. The highest BCUT2D eigenvalue weighted by molar-refractivity contribution is 5.90. The molecule has 0 unspecified atom stereocenters. The summed E-state index contributed by atoms with van der Waals surface area (Å²) < 4.78 is 16.5. The molecular weight excluding hydrogens is 284 g/mol. The van der Waals surface area contributed by atoms with Crippen LogP contribution >= 0.6 is 0 Å². The minimum atomic E-state index is -1.02. The van der Waals surface area contributed by atoms with Crippen molar-refractivity contribution in [3.8, 4) is 17.2 Å². The van der Waals surface area contributed by atoms with Crippen molar-refractivity contribution in [2.75, 3.05) is 19.8 Å². The molecule has 0 aliphatic rings. The summed E-state index contributed by atoms with van der Waals surface area (Å²) in [6, 6.07) is 13.9. The first-order valence-electron chi connectivity index (χ1n) is 7.02. The first-order chi connectivity index (χ1) is 10.7. The SMILES string of the molecule is CCOc1ccccc1OCCOc1ccccc1C(=O)O. The Balaban J connectivity index is 1.89. The lowest BCUT2D eigenvalue weighted by atomic mass is 10.2. The van der Waals surface area contributed by atoms with Crippen LogP contribution in [0.3, 0.4) is 0 Å². The molecule has 0 aliphatic carbocycles. The van der Waals surface area contributed by atoms with Crippen LogP contribution in [0.25, 0.3) is 0 Å². The highest BCUT2D eigenvalue weighted by Gasteiger charge is 2.10. The molecule has 22 heavy (non-hydrogen) atoms. The van der Waals surface area contributed by atoms with E-state index in [4.69, 9.17) is 19.3 Å². The van der Waals surface area contributed by atoms with E-state index in [2.05, 4.69) is 0 Å². The van der Waals surface area contributed by atoms with Gasteiger partial charge in [-0.2, -0.15) is 0 Å². The first-order valence-corrected chi connectivity index (χ1v) is 7.02. The summed E-state index contributed by atoms with van der Waals surface area (Å²) in [4.78, 5) is 11.1. The summed E-state index contributed by atoms with van der Waals surface area (Å²) in [5.74, 6) is 0.630. The Bertz CT molecular complexity index is 624. The zero-order chi connectivity index (χ0) is 15.8. The Morgan fingerprint density at radius 3 is 1.95 bits per heavy atom. The van der Waals surface area contributed by atoms with Crippen molar-refractivity contribution < 1.29 is 24.1 Å². The lowest BCUT2D eigenvalue weighted by Crippen LogP contribution is -2.11. The minimum Gasteiger partial charge on any atom is -0.490 e. The van der Waals surface area contributed by atoms with E-state index in [9.17, 15) is 4.79 Å². The molecule has 0 bridgehead atoms. The van der Waals surface area contributed by atoms with E-state index in [1.807, 2.05) is 31.2 Å². The zero-order valence-corrected chi connectivity index (χ0v) is 12.3. The first kappa shape index (κ1) is 15.7. The highest BCUT2D eigenvalue weighted by atomic mass is 16.5. The summed E-state index contributed by atoms with van der Waals surface area (Å²) >= 11 is 0. The average molecular weight is 302 g/mol. The number of ether oxygens (including phenoxy) is 3. The standard InChI is InChI=1S/C17H18O5/c1-2-20-15-9-5-6-10-16(15)22-12-11-21-14-8-4-3-7-13(14)17(18)19/h3-10H,2,11-12H2,1H3,(H,18,19). The minimum absolute atomic E-state index is 0.136. The van der Waals surface area contributed by atoms with E-state index in [1.54, 1.807) is 18.2 Å². The number of hydrogen-bond acceptors (Lipinski definition) is 4. The molecule has 0 amide bonds. The summed E-state index contributed by atoms with van der Waals surface area (Å²) in [6.45, 7) is 2.99. The van der Waals surface area contributed by atoms with Gasteiger partial charge in [0.25, 0.3) is 0 Å². The quantitative estimate of drug-likeness (QED) is 0.758. The average Bonchev–Trinajstić information content (AvgIpc) is 2.53. The number of hydrogen-bond donors (Lipinski definition) is 1. The predicted molar refractivity (Wildman–Crippen MR) is 82.0 cm³/mol. The fourth-order valence-electron chi connectivity index (χ4n) is 1.92. The van der Waals surface area contributed by atoms with Crippen molar-refractivity contribution in [1.29, 1.82) is 0 Å². The van der Waals surface area contributed by atoms with Crippen LogP contribution in [0.1, 0.15) is 17.3 Å². The highest BCUT2D eigenvalue weighted by Crippen LogP contribution is 2.26. The Morgan fingerprint density at radius 2 is 1.36 bits per heavy atom. The molecule has 1 N–H and O–H groups in total. The second-order valence-corrected chi connectivity index (χ2v) is 4.38. The Hall–Kier alpha value is -2.69. The van der Waals surface area contributed by atoms with Crippen LogP contribution in [0.5, 0.6) is 17.2 Å². The van der Waals surface area contributed by atoms with Crippen molar-refractivity contribution in [3.63, 3.8) is 0 Å². The molecule has 2 aromatic rings. The summed E-state index contributed by atoms with van der Waals surface area (Å²) in [6.07, 6.45) is 0. The maximum Gasteiger partial charge on any atom is 0.339 e. The van der Waals surface area contributed by atoms with Gasteiger partial charge in [-0.15, -0.1) is 0 Å². The van der Waals surface area contributed by atoms with Gasteiger partial charge in [0.1, 0.15) is 24.5 Å². The zero-order valence-electron chi connectivity index (χ0n) is 12.3. The molecule has 0 aliphatic heterocycles. The van der Waals surface area contributed by atoms with E-state index in [0.29, 0.717) is 23.9 Å². The Morgan fingerprint density at radius 1 is 0.864 bits per heavy atom. The largest absolute Gasteiger partial charge is 0.490 e. The van der Waals surface area contributed by atoms with Gasteiger partial charge in [-0.25, -0.2) is 4.79 Å². The molecular formula is C17H18O5. The maximum absolute atomic E-state index is 11.1. The fraction of sp³-hybridized carbons (Fsp3) is 0.235. The molecule has 0 saturated heterocycles. The van der Waals surface area contributed by atoms with Gasteiger partial charge in [-0.05, 0) is 31.2 Å². The Labute approximate surface area is 129 Å². The van der Waals surface area contributed by atoms with Gasteiger partial charge in [0.15, 0.2) is 11.5 Å². The van der Waals surface area contributed by atoms with Gasteiger partial charge < -0.3 is 19.3 Å². The molecule has 0 radical (unpaired) electrons. The molecule has 2 rings (SSSR count). The Kier molecular flexibility index (Phi) is 5.65. The summed E-state index contributed by atoms with van der Waals surface area (Å²) in [5.41, 5.74) is 0.136. The van der Waals surface area contributed by atoms with Crippen LogP contribution < -0.4 is 14.2 Å². The maximum atomic E-state index is 11.1. The predicted octanol–water partition coefficient (Wildman–Crippen LogP) is 3.24. The van der Waals surface area contributed by atoms with Crippen LogP contribution in [-0.2, 0) is 0 Å². The molecule has 0 saturated carbocycles. The topological polar surface area (TPSA) is 65.0 Å². The molecule has 116 valence electrons. The van der Waals surface area contributed by atoms with E-state index < -0.39 is 5.97 Å². The van der Waals surface area contributed by atoms with E-state index in [0.717, 1.165) is 0 Å². The lowest BCUT2D eigenvalue weighted by molar-refractivity contribution is 0.0691. The molecule has 0 aromatic heterocycles. The smallest absolute Gasteiger partial charge is 0.339 e. The van der Waals surface area contributed by atoms with Gasteiger partial charge in [0, 0.05) is 0 Å². The van der Waals surface area contributed by atoms with E-state index in [-0.39, 0.29) is 18.8 Å². The van der Waals surface area contributed by atoms with Gasteiger partial charge in [0.2, 0.25) is 0 Å². The van der Waals surface area contributed by atoms with E-state index in [1.165, 1.54) is 6.07 Å². The molecule has 5 heteroatoms. The molecule has 5 nitrogen and oxygen atoms in total. The molecule has 2 aromatic carbocycles. The molecule has 0 atom stereocenters. The van der Waals surface area contributed by atoms with Crippen LogP contribution in [0.4, 0.5) is 0 Å². The van der Waals surface area contributed by atoms with Crippen LogP contribution in [0.15, 0.2) is 48.5 Å². The van der Waals surface area contributed by atoms with Crippen molar-refractivity contribution in [3.05, 3.63) is 54.1 Å². The summed E-state index contributed by atoms with van der Waals surface area (Å²) in [7, 11) is 0. The van der Waals surface area contributed by atoms with Crippen LogP contribution in [0.2, 0.25) is 0 Å². The van der Waals surface area contributed by atoms with Gasteiger partial charge in [0.05, 0.1) is 6.61 Å². The third-order valence-electron chi connectivity index (χ3n) is 2.86. The van der Waals surface area contributed by atoms with Crippen molar-refractivity contribution in [1.82, 2.24) is 0 Å². The van der Waals surface area contributed by atoms with E-state index >= 15 is 0 Å². The van der Waals surface area contributed by atoms with Crippen molar-refractivity contribution in [2.45, 2.75) is 6.92 Å². The second-order valence-electron chi connectivity index (χ2n) is 4.38. The number of aromatic carboxylic acids is 1. The van der Waals surface area contributed by atoms with Gasteiger partial charge >= 0.3 is 5.97 Å². The van der Waals surface area contributed by atoms with Crippen LogP contribution in [0, 0.1) is 0 Å². The normalized spacial score (nSPS) is 10.0. The van der Waals surface area contributed by atoms with Crippen molar-refractivity contribution in [2.24, 2.45) is 0 Å². The monoisotopic (exact) mass is 302 g/mol. The molecule has 0 spiro atoms. The number of rotatable bonds is 8. The molecule has 0 heterocycles. The lowest BCUT2D eigenvalue weighted by Gasteiger charge is -2.12. The number of carbonyl (C=O) groups is 1. The van der Waals surface area contributed by atoms with Crippen LogP contribution in [-0.4, -0.2) is 30.9 Å². The molecule has 0 fully saturated rings.